The third kappa shape index (κ3) is 4.29. The lowest BCUT2D eigenvalue weighted by Crippen LogP contribution is -2.33. The molecule has 1 amide bonds. The van der Waals surface area contributed by atoms with Crippen LogP contribution in [0.25, 0.3) is 0 Å². The molecule has 15 heavy (non-hydrogen) atoms. The first-order valence-corrected chi connectivity index (χ1v) is 5.26. The van der Waals surface area contributed by atoms with Crippen molar-refractivity contribution in [3.8, 4) is 0 Å². The topological polar surface area (TPSA) is 64.6 Å². The minimum atomic E-state index is -0.805. The number of rotatable bonds is 4. The number of hydrogen-bond acceptors (Lipinski definition) is 4. The Morgan fingerprint density at radius 1 is 1.53 bits per heavy atom. The van der Waals surface area contributed by atoms with Crippen molar-refractivity contribution in [1.82, 2.24) is 5.32 Å². The van der Waals surface area contributed by atoms with Gasteiger partial charge in [0.2, 0.25) is 0 Å². The van der Waals surface area contributed by atoms with Gasteiger partial charge in [0, 0.05) is 19.8 Å². The van der Waals surface area contributed by atoms with E-state index in [0.717, 1.165) is 26.1 Å². The van der Waals surface area contributed by atoms with Crippen molar-refractivity contribution in [3.63, 3.8) is 0 Å². The van der Waals surface area contributed by atoms with Gasteiger partial charge >= 0.3 is 11.9 Å². The second-order valence-electron chi connectivity index (χ2n) is 3.49. The predicted molar refractivity (Wildman–Crippen MR) is 53.2 cm³/mol. The molecule has 0 bridgehead atoms. The van der Waals surface area contributed by atoms with Crippen LogP contribution < -0.4 is 5.32 Å². The van der Waals surface area contributed by atoms with Crippen LogP contribution in [0.3, 0.4) is 0 Å². The number of ether oxygens (including phenoxy) is 2. The third-order valence-corrected chi connectivity index (χ3v) is 2.32. The summed E-state index contributed by atoms with van der Waals surface area (Å²) in [6, 6.07) is 0. The zero-order valence-corrected chi connectivity index (χ0v) is 8.95. The molecule has 1 rings (SSSR count). The van der Waals surface area contributed by atoms with Crippen molar-refractivity contribution in [1.29, 1.82) is 0 Å². The second kappa shape index (κ2) is 6.40. The van der Waals surface area contributed by atoms with Crippen molar-refractivity contribution >= 4 is 11.9 Å². The van der Waals surface area contributed by atoms with Crippen LogP contribution in [-0.4, -0.2) is 38.2 Å². The van der Waals surface area contributed by atoms with Crippen LogP contribution in [0, 0.1) is 5.92 Å². The molecule has 1 heterocycles. The number of carbonyl (C=O) groups is 2. The Morgan fingerprint density at radius 3 is 2.93 bits per heavy atom. The molecule has 0 radical (unpaired) electrons. The summed E-state index contributed by atoms with van der Waals surface area (Å²) >= 11 is 0. The zero-order valence-electron chi connectivity index (χ0n) is 8.95. The van der Waals surface area contributed by atoms with E-state index in [4.69, 9.17) is 4.74 Å². The fourth-order valence-corrected chi connectivity index (χ4v) is 1.47. The van der Waals surface area contributed by atoms with Gasteiger partial charge in [0.15, 0.2) is 0 Å². The molecule has 0 aromatic rings. The average Bonchev–Trinajstić information content (AvgIpc) is 2.71. The van der Waals surface area contributed by atoms with Crippen molar-refractivity contribution in [2.24, 2.45) is 5.92 Å². The number of esters is 1. The average molecular weight is 215 g/mol. The van der Waals surface area contributed by atoms with Gasteiger partial charge in [-0.05, 0) is 25.7 Å². The molecule has 0 aliphatic carbocycles. The van der Waals surface area contributed by atoms with Crippen LogP contribution in [0.15, 0.2) is 0 Å². The summed E-state index contributed by atoms with van der Waals surface area (Å²) in [7, 11) is 0. The molecule has 1 saturated heterocycles. The first-order chi connectivity index (χ1) is 7.24. The van der Waals surface area contributed by atoms with Gasteiger partial charge in [-0.25, -0.2) is 4.79 Å². The molecule has 1 fully saturated rings. The summed E-state index contributed by atoms with van der Waals surface area (Å²) in [5, 5.41) is 2.53. The van der Waals surface area contributed by atoms with Crippen LogP contribution in [-0.2, 0) is 19.1 Å². The van der Waals surface area contributed by atoms with Gasteiger partial charge in [-0.3, -0.25) is 4.79 Å². The quantitative estimate of drug-likeness (QED) is 0.533. The smallest absolute Gasteiger partial charge is 0.396 e. The lowest BCUT2D eigenvalue weighted by molar-refractivity contribution is -0.154. The highest BCUT2D eigenvalue weighted by Gasteiger charge is 2.17. The molecule has 1 N–H and O–H groups in total. The summed E-state index contributed by atoms with van der Waals surface area (Å²) in [6.45, 7) is 3.96. The van der Waals surface area contributed by atoms with E-state index in [1.54, 1.807) is 6.92 Å². The van der Waals surface area contributed by atoms with E-state index >= 15 is 0 Å². The summed E-state index contributed by atoms with van der Waals surface area (Å²) in [6.07, 6.45) is 1.89. The Hall–Kier alpha value is -1.10. The normalized spacial score (nSPS) is 19.9. The highest BCUT2D eigenvalue weighted by Crippen LogP contribution is 2.14. The maximum absolute atomic E-state index is 11.1. The Balaban J connectivity index is 2.08. The van der Waals surface area contributed by atoms with E-state index in [2.05, 4.69) is 10.1 Å². The molecular formula is C10H17NO4. The molecule has 0 aromatic heterocycles. The van der Waals surface area contributed by atoms with Crippen molar-refractivity contribution in [2.75, 3.05) is 26.4 Å². The fourth-order valence-electron chi connectivity index (χ4n) is 1.47. The van der Waals surface area contributed by atoms with Crippen LogP contribution in [0.1, 0.15) is 19.8 Å². The van der Waals surface area contributed by atoms with Gasteiger partial charge in [0.05, 0.1) is 6.61 Å². The summed E-state index contributed by atoms with van der Waals surface area (Å²) in [5.74, 6) is -0.955. The Morgan fingerprint density at radius 2 is 2.33 bits per heavy atom. The molecular weight excluding hydrogens is 198 g/mol. The largest absolute Gasteiger partial charge is 0.459 e. The SMILES string of the molecule is CCOC(=O)C(=O)NCCC1CCOC1. The lowest BCUT2D eigenvalue weighted by Gasteiger charge is -2.07. The number of amides is 1. The zero-order chi connectivity index (χ0) is 11.1. The minimum Gasteiger partial charge on any atom is -0.459 e. The highest BCUT2D eigenvalue weighted by molar-refractivity contribution is 6.32. The first kappa shape index (κ1) is 12.0. The molecule has 0 spiro atoms. The van der Waals surface area contributed by atoms with Crippen LogP contribution in [0.5, 0.6) is 0 Å². The molecule has 0 saturated carbocycles. The summed E-state index contributed by atoms with van der Waals surface area (Å²) in [5.41, 5.74) is 0. The van der Waals surface area contributed by atoms with Crippen molar-refractivity contribution < 1.29 is 19.1 Å². The van der Waals surface area contributed by atoms with Crippen molar-refractivity contribution in [3.05, 3.63) is 0 Å². The minimum absolute atomic E-state index is 0.225. The Labute approximate surface area is 89.1 Å². The van der Waals surface area contributed by atoms with Gasteiger partial charge in [-0.2, -0.15) is 0 Å². The molecule has 86 valence electrons. The molecule has 1 unspecified atom stereocenters. The molecule has 1 atom stereocenters. The first-order valence-electron chi connectivity index (χ1n) is 5.26. The van der Waals surface area contributed by atoms with Crippen molar-refractivity contribution in [2.45, 2.75) is 19.8 Å². The van der Waals surface area contributed by atoms with E-state index in [-0.39, 0.29) is 6.61 Å². The molecule has 1 aliphatic rings. The van der Waals surface area contributed by atoms with Crippen LogP contribution in [0.4, 0.5) is 0 Å². The van der Waals surface area contributed by atoms with E-state index in [1.807, 2.05) is 0 Å². The van der Waals surface area contributed by atoms with Gasteiger partial charge in [0.1, 0.15) is 0 Å². The predicted octanol–water partition coefficient (Wildman–Crippen LogP) is 0.0923. The number of nitrogens with one attached hydrogen (secondary N) is 1. The number of carbonyl (C=O) groups excluding carboxylic acids is 2. The monoisotopic (exact) mass is 215 g/mol. The van der Waals surface area contributed by atoms with Crippen LogP contribution in [0.2, 0.25) is 0 Å². The highest BCUT2D eigenvalue weighted by atomic mass is 16.5. The molecule has 5 nitrogen and oxygen atoms in total. The Bertz CT molecular complexity index is 223. The Kier molecular flexibility index (Phi) is 5.10. The van der Waals surface area contributed by atoms with E-state index in [1.165, 1.54) is 0 Å². The maximum Gasteiger partial charge on any atom is 0.396 e. The lowest BCUT2D eigenvalue weighted by atomic mass is 10.1. The maximum atomic E-state index is 11.1. The summed E-state index contributed by atoms with van der Waals surface area (Å²) in [4.78, 5) is 22.0. The van der Waals surface area contributed by atoms with Crippen LogP contribution >= 0.6 is 0 Å². The van der Waals surface area contributed by atoms with E-state index in [0.29, 0.717) is 12.5 Å². The van der Waals surface area contributed by atoms with Gasteiger partial charge < -0.3 is 14.8 Å². The van der Waals surface area contributed by atoms with E-state index in [9.17, 15) is 9.59 Å². The second-order valence-corrected chi connectivity index (χ2v) is 3.49. The van der Waals surface area contributed by atoms with E-state index < -0.39 is 11.9 Å². The number of hydrogen-bond donors (Lipinski definition) is 1. The third-order valence-electron chi connectivity index (χ3n) is 2.32. The van der Waals surface area contributed by atoms with Gasteiger partial charge in [0.25, 0.3) is 0 Å². The standard InChI is InChI=1S/C10H17NO4/c1-2-15-10(13)9(12)11-5-3-8-4-6-14-7-8/h8H,2-7H2,1H3,(H,11,12). The summed E-state index contributed by atoms with van der Waals surface area (Å²) < 4.78 is 9.75. The molecule has 1 aliphatic heterocycles. The van der Waals surface area contributed by atoms with Gasteiger partial charge in [-0.1, -0.05) is 0 Å². The molecule has 0 aromatic carbocycles. The fraction of sp³-hybridized carbons (Fsp3) is 0.800. The molecule has 5 heteroatoms. The van der Waals surface area contributed by atoms with Gasteiger partial charge in [-0.15, -0.1) is 0 Å².